The van der Waals surface area contributed by atoms with Crippen molar-refractivity contribution in [1.82, 2.24) is 0 Å². The molecule has 200 valence electrons. The number of benzene rings is 2. The number of quaternary nitrogens is 1. The highest BCUT2D eigenvalue weighted by atomic mass is 16.7. The lowest BCUT2D eigenvalue weighted by Gasteiger charge is -2.30. The van der Waals surface area contributed by atoms with Crippen LogP contribution < -0.4 is 4.74 Å². The highest BCUT2D eigenvalue weighted by molar-refractivity contribution is 5.71. The lowest BCUT2D eigenvalue weighted by Crippen LogP contribution is -2.40. The van der Waals surface area contributed by atoms with Gasteiger partial charge in [0, 0.05) is 12.0 Å². The summed E-state index contributed by atoms with van der Waals surface area (Å²) in [4.78, 5) is 12.5. The van der Waals surface area contributed by atoms with Gasteiger partial charge in [-0.15, -0.1) is 0 Å². The summed E-state index contributed by atoms with van der Waals surface area (Å²) in [6, 6.07) is 18.6. The van der Waals surface area contributed by atoms with Gasteiger partial charge in [0.05, 0.1) is 26.6 Å². The number of aryl methyl sites for hydroxylation is 1. The fourth-order valence-electron chi connectivity index (χ4n) is 4.59. The summed E-state index contributed by atoms with van der Waals surface area (Å²) in [5.41, 5.74) is 2.51. The average Bonchev–Trinajstić information content (AvgIpc) is 2.87. The van der Waals surface area contributed by atoms with E-state index in [0.717, 1.165) is 36.2 Å². The van der Waals surface area contributed by atoms with Crippen LogP contribution in [0, 0.1) is 5.92 Å². The summed E-state index contributed by atoms with van der Waals surface area (Å²) in [5.74, 6) is 0.489. The van der Waals surface area contributed by atoms with E-state index in [4.69, 9.17) is 9.47 Å². The molecule has 4 nitrogen and oxygen atoms in total. The average molecular weight is 497 g/mol. The molecule has 0 aliphatic rings. The third-order valence-electron chi connectivity index (χ3n) is 6.96. The van der Waals surface area contributed by atoms with E-state index in [-0.39, 0.29) is 18.7 Å². The van der Waals surface area contributed by atoms with Crippen LogP contribution in [0.25, 0.3) is 0 Å². The Morgan fingerprint density at radius 3 is 2.14 bits per heavy atom. The largest absolute Gasteiger partial charge is 0.457 e. The zero-order valence-electron chi connectivity index (χ0n) is 23.3. The van der Waals surface area contributed by atoms with Gasteiger partial charge in [-0.05, 0) is 24.5 Å². The lowest BCUT2D eigenvalue weighted by molar-refractivity contribution is -0.904. The Hall–Kier alpha value is -2.33. The van der Waals surface area contributed by atoms with Gasteiger partial charge in [-0.25, -0.2) is 0 Å². The van der Waals surface area contributed by atoms with Crippen LogP contribution >= 0.6 is 0 Å². The van der Waals surface area contributed by atoms with Crippen LogP contribution in [0.3, 0.4) is 0 Å². The summed E-state index contributed by atoms with van der Waals surface area (Å²) in [6.45, 7) is 6.04. The third kappa shape index (κ3) is 12.6. The molecule has 0 aliphatic carbocycles. The molecule has 36 heavy (non-hydrogen) atoms. The van der Waals surface area contributed by atoms with E-state index < -0.39 is 0 Å². The number of rotatable bonds is 19. The number of esters is 1. The highest BCUT2D eigenvalue weighted by Crippen LogP contribution is 2.21. The van der Waals surface area contributed by atoms with Crippen molar-refractivity contribution in [2.75, 3.05) is 27.4 Å². The Morgan fingerprint density at radius 1 is 0.833 bits per heavy atom. The lowest BCUT2D eigenvalue weighted by atomic mass is 10.0. The minimum absolute atomic E-state index is 0.0276. The van der Waals surface area contributed by atoms with E-state index in [9.17, 15) is 4.79 Å². The summed E-state index contributed by atoms with van der Waals surface area (Å²) < 4.78 is 12.2. The van der Waals surface area contributed by atoms with E-state index in [0.29, 0.717) is 0 Å². The Labute approximate surface area is 220 Å². The van der Waals surface area contributed by atoms with Crippen LogP contribution in [0.5, 0.6) is 5.75 Å². The van der Waals surface area contributed by atoms with Gasteiger partial charge in [0.2, 0.25) is 6.79 Å². The van der Waals surface area contributed by atoms with Gasteiger partial charge in [0.15, 0.2) is 0 Å². The predicted molar refractivity (Wildman–Crippen MR) is 150 cm³/mol. The molecule has 0 aliphatic heterocycles. The van der Waals surface area contributed by atoms with Crippen molar-refractivity contribution in [2.45, 2.75) is 91.0 Å². The van der Waals surface area contributed by atoms with E-state index >= 15 is 0 Å². The maximum absolute atomic E-state index is 12.5. The zero-order chi connectivity index (χ0) is 26.1. The van der Waals surface area contributed by atoms with Gasteiger partial charge in [-0.2, -0.15) is 0 Å². The van der Waals surface area contributed by atoms with Gasteiger partial charge >= 0.3 is 5.97 Å². The summed E-state index contributed by atoms with van der Waals surface area (Å²) >= 11 is 0. The first-order chi connectivity index (χ1) is 17.4. The van der Waals surface area contributed by atoms with E-state index in [1.807, 2.05) is 25.1 Å². The zero-order valence-corrected chi connectivity index (χ0v) is 23.3. The number of para-hydroxylation sites is 1. The van der Waals surface area contributed by atoms with E-state index in [1.165, 1.54) is 68.9 Å². The maximum Gasteiger partial charge on any atom is 0.311 e. The molecule has 0 heterocycles. The monoisotopic (exact) mass is 496 g/mol. The Bertz CT molecular complexity index is 849. The molecule has 0 N–H and O–H groups in total. The number of carbonyl (C=O) groups is 1. The molecule has 0 radical (unpaired) electrons. The van der Waals surface area contributed by atoms with Crippen LogP contribution in [-0.2, 0) is 22.5 Å². The van der Waals surface area contributed by atoms with Crippen molar-refractivity contribution in [3.05, 3.63) is 65.7 Å². The molecule has 2 rings (SSSR count). The smallest absolute Gasteiger partial charge is 0.311 e. The second-order valence-corrected chi connectivity index (χ2v) is 10.9. The van der Waals surface area contributed by atoms with E-state index in [2.05, 4.69) is 57.4 Å². The molecule has 1 atom stereocenters. The molecule has 0 spiro atoms. The van der Waals surface area contributed by atoms with Crippen LogP contribution in [0.2, 0.25) is 0 Å². The van der Waals surface area contributed by atoms with Crippen LogP contribution in [0.4, 0.5) is 0 Å². The molecule has 1 unspecified atom stereocenters. The Balaban J connectivity index is 1.65. The number of hydrogen-bond donors (Lipinski definition) is 0. The van der Waals surface area contributed by atoms with Gasteiger partial charge < -0.3 is 14.0 Å². The number of nitrogens with zero attached hydrogens (tertiary/aromatic N) is 1. The molecule has 0 amide bonds. The molecule has 0 fully saturated rings. The summed E-state index contributed by atoms with van der Waals surface area (Å²) in [5, 5.41) is 0. The van der Waals surface area contributed by atoms with Crippen molar-refractivity contribution in [1.29, 1.82) is 0 Å². The highest BCUT2D eigenvalue weighted by Gasteiger charge is 2.22. The molecule has 4 heteroatoms. The third-order valence-corrected chi connectivity index (χ3v) is 6.96. The van der Waals surface area contributed by atoms with Crippen LogP contribution in [0.15, 0.2) is 54.6 Å². The predicted octanol–water partition coefficient (Wildman–Crippen LogP) is 7.94. The number of ether oxygens (including phenoxy) is 2. The molecule has 2 aromatic carbocycles. The second-order valence-electron chi connectivity index (χ2n) is 10.9. The van der Waals surface area contributed by atoms with Crippen molar-refractivity contribution >= 4 is 5.97 Å². The molecule has 0 saturated carbocycles. The number of hydrogen-bond acceptors (Lipinski definition) is 3. The molecule has 0 saturated heterocycles. The normalized spacial score (nSPS) is 12.3. The van der Waals surface area contributed by atoms with Crippen LogP contribution in [0.1, 0.15) is 89.2 Å². The number of carbonyl (C=O) groups excluding carboxylic acids is 1. The topological polar surface area (TPSA) is 35.5 Å². The van der Waals surface area contributed by atoms with Gasteiger partial charge in [0.25, 0.3) is 0 Å². The summed E-state index contributed by atoms with van der Waals surface area (Å²) in [6.07, 6.45) is 13.7. The van der Waals surface area contributed by atoms with Gasteiger partial charge in [-0.3, -0.25) is 4.79 Å². The molecular formula is C32H50NO3+. The molecule has 2 aromatic rings. The first-order valence-electron chi connectivity index (χ1n) is 14.1. The van der Waals surface area contributed by atoms with E-state index in [1.54, 1.807) is 0 Å². The van der Waals surface area contributed by atoms with Crippen molar-refractivity contribution in [3.63, 3.8) is 0 Å². The first kappa shape index (κ1) is 29.9. The van der Waals surface area contributed by atoms with Crippen molar-refractivity contribution in [2.24, 2.45) is 5.92 Å². The second kappa shape index (κ2) is 17.2. The SMILES string of the molecule is CCCCCCCCCCCc1ccccc1OCOC(=O)C(C)CC[N+](C)(C)Cc1ccccc1. The fraction of sp³-hybridized carbons (Fsp3) is 0.594. The fourth-order valence-corrected chi connectivity index (χ4v) is 4.59. The molecule has 0 bridgehead atoms. The van der Waals surface area contributed by atoms with Gasteiger partial charge in [0.1, 0.15) is 12.3 Å². The summed E-state index contributed by atoms with van der Waals surface area (Å²) in [7, 11) is 4.41. The minimum Gasteiger partial charge on any atom is -0.457 e. The van der Waals surface area contributed by atoms with Crippen LogP contribution in [-0.4, -0.2) is 37.9 Å². The Morgan fingerprint density at radius 2 is 1.44 bits per heavy atom. The number of unbranched alkanes of at least 4 members (excludes halogenated alkanes) is 8. The first-order valence-corrected chi connectivity index (χ1v) is 14.1. The molecule has 0 aromatic heterocycles. The maximum atomic E-state index is 12.5. The quantitative estimate of drug-likeness (QED) is 0.0857. The van der Waals surface area contributed by atoms with Gasteiger partial charge in [-0.1, -0.05) is 114 Å². The van der Waals surface area contributed by atoms with Crippen molar-refractivity contribution in [3.8, 4) is 5.75 Å². The van der Waals surface area contributed by atoms with Crippen molar-refractivity contribution < 1.29 is 18.8 Å². The standard InChI is InChI=1S/C32H50NO3/c1-5-6-7-8-9-10-11-12-16-21-30-22-17-18-23-31(30)35-27-36-32(34)28(2)24-25-33(3,4)26-29-19-14-13-15-20-29/h13-15,17-20,22-23,28H,5-12,16,21,24-27H2,1-4H3/q+1. The Kier molecular flexibility index (Phi) is 14.3. The minimum atomic E-state index is -0.189. The molecular weight excluding hydrogens is 446 g/mol.